The van der Waals surface area contributed by atoms with Crippen molar-refractivity contribution in [1.82, 2.24) is 0 Å². The van der Waals surface area contributed by atoms with Gasteiger partial charge in [-0.05, 0) is 54.8 Å². The molecule has 0 spiro atoms. The van der Waals surface area contributed by atoms with Crippen LogP contribution in [0.5, 0.6) is 0 Å². The van der Waals surface area contributed by atoms with Crippen LogP contribution in [0.2, 0.25) is 0 Å². The molecule has 0 N–H and O–H groups in total. The molecule has 0 saturated heterocycles. The van der Waals surface area contributed by atoms with E-state index >= 15 is 0 Å². The highest BCUT2D eigenvalue weighted by Crippen LogP contribution is 2.58. The Morgan fingerprint density at radius 1 is 1.08 bits per heavy atom. The van der Waals surface area contributed by atoms with Crippen molar-refractivity contribution in [3.8, 4) is 0 Å². The summed E-state index contributed by atoms with van der Waals surface area (Å²) in [5.74, 6) is 0.454. The second-order valence-corrected chi connectivity index (χ2v) is 9.66. The van der Waals surface area contributed by atoms with E-state index in [1.165, 1.54) is 6.42 Å². The van der Waals surface area contributed by atoms with Crippen LogP contribution in [0.15, 0.2) is 0 Å². The van der Waals surface area contributed by atoms with Gasteiger partial charge in [-0.15, -0.1) is 0 Å². The van der Waals surface area contributed by atoms with Crippen LogP contribution in [-0.2, 0) is 19.1 Å². The molecule has 2 aliphatic rings. The molecule has 3 atom stereocenters. The summed E-state index contributed by atoms with van der Waals surface area (Å²) in [7, 11) is 0. The van der Waals surface area contributed by atoms with Crippen molar-refractivity contribution in [1.29, 1.82) is 0 Å². The molecule has 0 aromatic rings. The minimum atomic E-state index is -0.403. The molecule has 0 heterocycles. The highest BCUT2D eigenvalue weighted by Gasteiger charge is 2.55. The summed E-state index contributed by atoms with van der Waals surface area (Å²) in [6.07, 6.45) is 5.56. The third kappa shape index (κ3) is 4.31. The molecule has 4 heteroatoms. The Kier molecular flexibility index (Phi) is 5.37. The number of hydrogen-bond donors (Lipinski definition) is 0. The molecule has 2 fully saturated rings. The Morgan fingerprint density at radius 2 is 1.71 bits per heavy atom. The number of hydrogen-bond acceptors (Lipinski definition) is 4. The fraction of sp³-hybridized carbons (Fsp3) is 0.900. The second-order valence-electron chi connectivity index (χ2n) is 9.66. The topological polar surface area (TPSA) is 52.6 Å². The van der Waals surface area contributed by atoms with E-state index in [4.69, 9.17) is 9.47 Å². The molecule has 2 bridgehead atoms. The molecule has 0 amide bonds. The molecule has 0 aliphatic heterocycles. The lowest BCUT2D eigenvalue weighted by Crippen LogP contribution is -2.49. The van der Waals surface area contributed by atoms with Gasteiger partial charge in [0.05, 0.1) is 6.42 Å². The molecule has 0 aromatic heterocycles. The van der Waals surface area contributed by atoms with Gasteiger partial charge in [-0.1, -0.05) is 41.5 Å². The molecule has 2 rings (SSSR count). The lowest BCUT2D eigenvalue weighted by atomic mass is 9.62. The Bertz CT molecular complexity index is 488. The summed E-state index contributed by atoms with van der Waals surface area (Å²) in [6, 6.07) is 0. The van der Waals surface area contributed by atoms with Crippen LogP contribution >= 0.6 is 0 Å². The number of fused-ring (bicyclic) bond motifs is 2. The molecule has 2 aliphatic carbocycles. The van der Waals surface area contributed by atoms with Crippen LogP contribution in [0.1, 0.15) is 80.1 Å². The maximum atomic E-state index is 12.3. The summed E-state index contributed by atoms with van der Waals surface area (Å²) in [5, 5.41) is 0. The smallest absolute Gasteiger partial charge is 0.344 e. The van der Waals surface area contributed by atoms with Crippen LogP contribution in [0.3, 0.4) is 0 Å². The molecule has 3 unspecified atom stereocenters. The van der Waals surface area contributed by atoms with Gasteiger partial charge in [-0.25, -0.2) is 4.79 Å². The molecule has 0 aromatic carbocycles. The summed E-state index contributed by atoms with van der Waals surface area (Å²) in [5.41, 5.74) is -0.325. The van der Waals surface area contributed by atoms with Crippen molar-refractivity contribution in [2.45, 2.75) is 85.7 Å². The van der Waals surface area contributed by atoms with Crippen LogP contribution in [0.25, 0.3) is 0 Å². The van der Waals surface area contributed by atoms with E-state index in [1.807, 2.05) is 20.8 Å². The van der Waals surface area contributed by atoms with Crippen LogP contribution < -0.4 is 0 Å². The van der Waals surface area contributed by atoms with Crippen molar-refractivity contribution < 1.29 is 19.1 Å². The largest absolute Gasteiger partial charge is 0.456 e. The number of esters is 2. The second kappa shape index (κ2) is 6.68. The zero-order valence-electron chi connectivity index (χ0n) is 16.2. The maximum absolute atomic E-state index is 12.3. The Hall–Kier alpha value is -1.06. The normalized spacial score (nSPS) is 31.6. The fourth-order valence-corrected chi connectivity index (χ4v) is 4.71. The Labute approximate surface area is 146 Å². The van der Waals surface area contributed by atoms with E-state index in [1.54, 1.807) is 0 Å². The molecule has 24 heavy (non-hydrogen) atoms. The minimum Gasteiger partial charge on any atom is -0.456 e. The number of rotatable bonds is 5. The van der Waals surface area contributed by atoms with Gasteiger partial charge in [0, 0.05) is 0 Å². The molecular weight excluding hydrogens is 304 g/mol. The first-order valence-electron chi connectivity index (χ1n) is 9.35. The highest BCUT2D eigenvalue weighted by molar-refractivity contribution is 5.77. The number of carbonyl (C=O) groups excluding carboxylic acids is 2. The van der Waals surface area contributed by atoms with E-state index in [2.05, 4.69) is 20.8 Å². The molecule has 0 radical (unpaired) electrons. The van der Waals surface area contributed by atoms with E-state index in [-0.39, 0.29) is 29.0 Å². The van der Waals surface area contributed by atoms with Crippen molar-refractivity contribution >= 4 is 11.9 Å². The number of ether oxygens (including phenoxy) is 2. The van der Waals surface area contributed by atoms with Gasteiger partial charge >= 0.3 is 11.9 Å². The Morgan fingerprint density at radius 3 is 2.29 bits per heavy atom. The van der Waals surface area contributed by atoms with Crippen LogP contribution in [0.4, 0.5) is 0 Å². The van der Waals surface area contributed by atoms with E-state index in [9.17, 15) is 9.59 Å². The fourth-order valence-electron chi connectivity index (χ4n) is 4.71. The SMILES string of the molecule is CCC1(OC(=O)COC(=O)CC(C)(C)C)CC(C)(C)C2CCC1C2. The van der Waals surface area contributed by atoms with Gasteiger partial charge < -0.3 is 9.47 Å². The van der Waals surface area contributed by atoms with Crippen LogP contribution in [0, 0.1) is 22.7 Å². The van der Waals surface area contributed by atoms with E-state index < -0.39 is 5.97 Å². The average molecular weight is 338 g/mol. The first-order chi connectivity index (χ1) is 11.0. The van der Waals surface area contributed by atoms with E-state index in [0.29, 0.717) is 12.3 Å². The third-order valence-corrected chi connectivity index (χ3v) is 5.98. The minimum absolute atomic E-state index is 0.141. The monoisotopic (exact) mass is 338 g/mol. The molecular formula is C20H34O4. The van der Waals surface area contributed by atoms with Crippen molar-refractivity contribution in [2.75, 3.05) is 6.61 Å². The summed E-state index contributed by atoms with van der Waals surface area (Å²) < 4.78 is 11.1. The lowest BCUT2D eigenvalue weighted by molar-refractivity contribution is -0.185. The van der Waals surface area contributed by atoms with Gasteiger partial charge in [0.1, 0.15) is 5.60 Å². The van der Waals surface area contributed by atoms with Crippen molar-refractivity contribution in [3.05, 3.63) is 0 Å². The molecule has 2 saturated carbocycles. The third-order valence-electron chi connectivity index (χ3n) is 5.98. The van der Waals surface area contributed by atoms with Crippen molar-refractivity contribution in [2.24, 2.45) is 22.7 Å². The van der Waals surface area contributed by atoms with E-state index in [0.717, 1.165) is 31.6 Å². The summed E-state index contributed by atoms with van der Waals surface area (Å²) in [6.45, 7) is 12.3. The van der Waals surface area contributed by atoms with Gasteiger partial charge in [-0.3, -0.25) is 4.79 Å². The summed E-state index contributed by atoms with van der Waals surface area (Å²) in [4.78, 5) is 24.1. The summed E-state index contributed by atoms with van der Waals surface area (Å²) >= 11 is 0. The first kappa shape index (κ1) is 19.3. The zero-order valence-corrected chi connectivity index (χ0v) is 16.2. The maximum Gasteiger partial charge on any atom is 0.344 e. The van der Waals surface area contributed by atoms with Crippen molar-refractivity contribution in [3.63, 3.8) is 0 Å². The standard InChI is InChI=1S/C20H34O4/c1-7-20(13-19(5,6)14-8-9-15(20)10-14)24-17(22)12-23-16(21)11-18(2,3)4/h14-15H,7-13H2,1-6H3. The van der Waals surface area contributed by atoms with Gasteiger partial charge in [0.15, 0.2) is 6.61 Å². The van der Waals surface area contributed by atoms with Gasteiger partial charge in [0.2, 0.25) is 0 Å². The average Bonchev–Trinajstić information content (AvgIpc) is 2.90. The molecule has 4 nitrogen and oxygen atoms in total. The first-order valence-corrected chi connectivity index (χ1v) is 9.35. The Balaban J connectivity index is 1.95. The van der Waals surface area contributed by atoms with Crippen LogP contribution in [-0.4, -0.2) is 24.1 Å². The quantitative estimate of drug-likeness (QED) is 0.692. The molecule has 138 valence electrons. The predicted molar refractivity (Wildman–Crippen MR) is 93.4 cm³/mol. The number of carbonyl (C=O) groups is 2. The van der Waals surface area contributed by atoms with Gasteiger partial charge in [0.25, 0.3) is 0 Å². The van der Waals surface area contributed by atoms with Gasteiger partial charge in [-0.2, -0.15) is 0 Å². The highest BCUT2D eigenvalue weighted by atomic mass is 16.6. The lowest BCUT2D eigenvalue weighted by Gasteiger charge is -2.48. The predicted octanol–water partition coefficient (Wildman–Crippen LogP) is 4.50. The zero-order chi connectivity index (χ0) is 18.2.